The van der Waals surface area contributed by atoms with E-state index in [1.807, 2.05) is 12.1 Å². The van der Waals surface area contributed by atoms with Gasteiger partial charge in [-0.05, 0) is 35.4 Å². The summed E-state index contributed by atoms with van der Waals surface area (Å²) in [5.74, 6) is 0.193. The monoisotopic (exact) mass is 429 g/mol. The van der Waals surface area contributed by atoms with Crippen LogP contribution in [0.2, 0.25) is 0 Å². The molecule has 1 unspecified atom stereocenters. The lowest BCUT2D eigenvalue weighted by Gasteiger charge is -2.45. The Hall–Kier alpha value is -3.20. The van der Waals surface area contributed by atoms with E-state index in [0.29, 0.717) is 42.1 Å². The van der Waals surface area contributed by atoms with Gasteiger partial charge in [-0.25, -0.2) is 4.99 Å². The number of hydrogen-bond acceptors (Lipinski definition) is 6. The summed E-state index contributed by atoms with van der Waals surface area (Å²) in [6, 6.07) is 11.8. The van der Waals surface area contributed by atoms with Crippen LogP contribution in [0.25, 0.3) is 11.1 Å². The fraction of sp³-hybridized carbons (Fsp3) is 0.364. The van der Waals surface area contributed by atoms with E-state index in [2.05, 4.69) is 9.73 Å². The molecular weight excluding hydrogens is 408 g/mol. The van der Waals surface area contributed by atoms with Crippen LogP contribution in [0.1, 0.15) is 12.0 Å². The number of amides is 1. The van der Waals surface area contributed by atoms with Crippen LogP contribution in [0.5, 0.6) is 11.5 Å². The van der Waals surface area contributed by atoms with E-state index in [0.717, 1.165) is 0 Å². The molecule has 1 spiro atoms. The summed E-state index contributed by atoms with van der Waals surface area (Å²) in [6.45, 7) is -2.05. The summed E-state index contributed by atoms with van der Waals surface area (Å²) in [6.07, 6.45) is 0.425. The molecule has 3 aliphatic heterocycles. The summed E-state index contributed by atoms with van der Waals surface area (Å²) in [5.41, 5.74) is 6.78. The fourth-order valence-corrected chi connectivity index (χ4v) is 4.65. The predicted molar refractivity (Wildman–Crippen MR) is 108 cm³/mol. The number of nitrogens with two attached hydrogens (primary N) is 1. The van der Waals surface area contributed by atoms with Gasteiger partial charge in [-0.1, -0.05) is 18.2 Å². The lowest BCUT2D eigenvalue weighted by atomic mass is 9.71. The third-order valence-corrected chi connectivity index (χ3v) is 6.16. The molecule has 1 amide bonds. The number of carbonyl (C=O) groups is 1. The normalized spacial score (nSPS) is 27.0. The van der Waals surface area contributed by atoms with E-state index in [1.165, 1.54) is 17.0 Å². The lowest BCUT2D eigenvalue weighted by Crippen LogP contribution is -2.56. The minimum Gasteiger partial charge on any atom is -0.489 e. The van der Waals surface area contributed by atoms with Crippen LogP contribution in [-0.4, -0.2) is 49.7 Å². The molecule has 1 saturated heterocycles. The van der Waals surface area contributed by atoms with Gasteiger partial charge in [0, 0.05) is 19.0 Å². The molecule has 7 nitrogen and oxygen atoms in total. The first-order chi connectivity index (χ1) is 14.9. The van der Waals surface area contributed by atoms with Crippen LogP contribution in [0.3, 0.4) is 0 Å². The van der Waals surface area contributed by atoms with E-state index in [4.69, 9.17) is 15.2 Å². The summed E-state index contributed by atoms with van der Waals surface area (Å²) < 4.78 is 41.7. The SMILES string of the molecule is CN1C(=O)[C@]2(N=C1N)c1cc(-c3cccc(OC(F)F)c3)ccc1OC1CCOC[C@@H]12. The molecule has 0 bridgehead atoms. The second-order valence-electron chi connectivity index (χ2n) is 7.84. The van der Waals surface area contributed by atoms with Crippen molar-refractivity contribution in [3.05, 3.63) is 48.0 Å². The van der Waals surface area contributed by atoms with Gasteiger partial charge in [0.1, 0.15) is 17.6 Å². The summed E-state index contributed by atoms with van der Waals surface area (Å²) in [7, 11) is 1.60. The number of alkyl halides is 2. The van der Waals surface area contributed by atoms with Gasteiger partial charge < -0.3 is 19.9 Å². The Morgan fingerprint density at radius 3 is 2.81 bits per heavy atom. The molecule has 5 rings (SSSR count). The number of benzene rings is 2. The molecule has 0 aliphatic carbocycles. The number of carbonyl (C=O) groups excluding carboxylic acids is 1. The first-order valence-electron chi connectivity index (χ1n) is 9.98. The average molecular weight is 429 g/mol. The Balaban J connectivity index is 1.65. The number of fused-ring (bicyclic) bond motifs is 4. The highest BCUT2D eigenvalue weighted by Gasteiger charge is 2.60. The van der Waals surface area contributed by atoms with Crippen molar-refractivity contribution in [3.8, 4) is 22.6 Å². The minimum atomic E-state index is -2.91. The third kappa shape index (κ3) is 3.03. The Kier molecular flexibility index (Phi) is 4.58. The molecule has 2 aromatic rings. The van der Waals surface area contributed by atoms with Crippen LogP contribution < -0.4 is 15.2 Å². The second kappa shape index (κ2) is 7.19. The van der Waals surface area contributed by atoms with E-state index in [1.54, 1.807) is 25.2 Å². The number of aliphatic imine (C=N–C) groups is 1. The first-order valence-corrected chi connectivity index (χ1v) is 9.98. The van der Waals surface area contributed by atoms with Crippen molar-refractivity contribution in [3.63, 3.8) is 0 Å². The topological polar surface area (TPSA) is 86.4 Å². The number of nitrogens with zero attached hydrogens (tertiary/aromatic N) is 2. The number of halogens is 2. The maximum absolute atomic E-state index is 13.5. The maximum atomic E-state index is 13.5. The van der Waals surface area contributed by atoms with Crippen molar-refractivity contribution in [2.24, 2.45) is 16.6 Å². The summed E-state index contributed by atoms with van der Waals surface area (Å²) in [4.78, 5) is 19.4. The highest BCUT2D eigenvalue weighted by atomic mass is 19.3. The predicted octanol–water partition coefficient (Wildman–Crippen LogP) is 2.73. The van der Waals surface area contributed by atoms with Crippen molar-refractivity contribution < 1.29 is 27.8 Å². The third-order valence-electron chi connectivity index (χ3n) is 6.16. The van der Waals surface area contributed by atoms with Crippen LogP contribution in [-0.2, 0) is 15.1 Å². The molecule has 1 fully saturated rings. The Labute approximate surface area is 177 Å². The number of ether oxygens (including phenoxy) is 3. The van der Waals surface area contributed by atoms with Gasteiger partial charge in [0.2, 0.25) is 0 Å². The van der Waals surface area contributed by atoms with Gasteiger partial charge in [0.05, 0.1) is 19.1 Å². The van der Waals surface area contributed by atoms with Crippen molar-refractivity contribution in [1.29, 1.82) is 0 Å². The molecule has 3 aliphatic rings. The van der Waals surface area contributed by atoms with Crippen molar-refractivity contribution in [2.45, 2.75) is 24.7 Å². The van der Waals surface area contributed by atoms with Gasteiger partial charge in [-0.2, -0.15) is 8.78 Å². The number of hydrogen-bond donors (Lipinski definition) is 1. The Morgan fingerprint density at radius 1 is 1.26 bits per heavy atom. The molecule has 3 heterocycles. The number of likely N-dealkylation sites (N-methyl/N-ethyl adjacent to an activating group) is 1. The molecule has 2 N–H and O–H groups in total. The molecule has 162 valence electrons. The maximum Gasteiger partial charge on any atom is 0.387 e. The van der Waals surface area contributed by atoms with Gasteiger partial charge in [-0.15, -0.1) is 0 Å². The summed E-state index contributed by atoms with van der Waals surface area (Å²) in [5, 5.41) is 0. The second-order valence-corrected chi connectivity index (χ2v) is 7.84. The quantitative estimate of drug-likeness (QED) is 0.811. The number of rotatable bonds is 3. The highest BCUT2D eigenvalue weighted by Crippen LogP contribution is 2.51. The molecule has 0 saturated carbocycles. The molecule has 2 aromatic carbocycles. The molecule has 0 radical (unpaired) electrons. The van der Waals surface area contributed by atoms with Crippen molar-refractivity contribution in [1.82, 2.24) is 4.90 Å². The van der Waals surface area contributed by atoms with Crippen molar-refractivity contribution in [2.75, 3.05) is 20.3 Å². The number of guanidine groups is 1. The van der Waals surface area contributed by atoms with Crippen molar-refractivity contribution >= 4 is 11.9 Å². The lowest BCUT2D eigenvalue weighted by molar-refractivity contribution is -0.141. The molecule has 31 heavy (non-hydrogen) atoms. The zero-order chi connectivity index (χ0) is 21.8. The standard InChI is InChI=1S/C22H21F2N3O4/c1-27-19(28)22(26-21(27)25)15-10-13(12-3-2-4-14(9-12)30-20(23)24)5-6-17(15)31-18-7-8-29-11-16(18)22/h2-6,9-10,16,18,20H,7-8,11H2,1H3,(H2,25,26)/t16-,18?,22-/m0/s1. The first kappa shape index (κ1) is 19.7. The molecule has 9 heteroatoms. The Morgan fingerprint density at radius 2 is 2.06 bits per heavy atom. The van der Waals surface area contributed by atoms with Gasteiger partial charge >= 0.3 is 6.61 Å². The zero-order valence-electron chi connectivity index (χ0n) is 16.8. The van der Waals surface area contributed by atoms with E-state index >= 15 is 0 Å². The fourth-order valence-electron chi connectivity index (χ4n) is 4.65. The van der Waals surface area contributed by atoms with Crippen LogP contribution >= 0.6 is 0 Å². The highest BCUT2D eigenvalue weighted by molar-refractivity contribution is 6.07. The van der Waals surface area contributed by atoms with E-state index in [9.17, 15) is 13.6 Å². The average Bonchev–Trinajstić information content (AvgIpc) is 2.98. The van der Waals surface area contributed by atoms with Crippen LogP contribution in [0.4, 0.5) is 8.78 Å². The van der Waals surface area contributed by atoms with Gasteiger partial charge in [0.15, 0.2) is 11.5 Å². The molecular formula is C22H21F2N3O4. The largest absolute Gasteiger partial charge is 0.489 e. The van der Waals surface area contributed by atoms with Gasteiger partial charge in [-0.3, -0.25) is 9.69 Å². The van der Waals surface area contributed by atoms with Crippen LogP contribution in [0, 0.1) is 5.92 Å². The van der Waals surface area contributed by atoms with E-state index in [-0.39, 0.29) is 29.6 Å². The Bertz CT molecular complexity index is 1080. The van der Waals surface area contributed by atoms with Crippen LogP contribution in [0.15, 0.2) is 47.5 Å². The van der Waals surface area contributed by atoms with E-state index < -0.39 is 12.2 Å². The minimum absolute atomic E-state index is 0.0517. The zero-order valence-corrected chi connectivity index (χ0v) is 16.8. The molecule has 3 atom stereocenters. The smallest absolute Gasteiger partial charge is 0.387 e. The summed E-state index contributed by atoms with van der Waals surface area (Å²) >= 11 is 0. The van der Waals surface area contributed by atoms with Gasteiger partial charge in [0.25, 0.3) is 5.91 Å². The molecule has 0 aromatic heterocycles.